The maximum Gasteiger partial charge on any atom is 0.267 e. The van der Waals surface area contributed by atoms with Crippen molar-refractivity contribution in [3.8, 4) is 0 Å². The molecule has 0 spiro atoms. The number of likely N-dealkylation sites (tertiary alicyclic amines) is 1. The summed E-state index contributed by atoms with van der Waals surface area (Å²) in [6.07, 6.45) is 3.97. The van der Waals surface area contributed by atoms with Gasteiger partial charge in [-0.05, 0) is 31.9 Å². The van der Waals surface area contributed by atoms with Crippen LogP contribution >= 0.6 is 0 Å². The molecule has 8 nitrogen and oxygen atoms in total. The number of amides is 1. The molecule has 0 aliphatic carbocycles. The quantitative estimate of drug-likeness (QED) is 0.743. The number of aromatic amines is 2. The molecule has 1 saturated heterocycles. The molecule has 0 radical (unpaired) electrons. The van der Waals surface area contributed by atoms with Gasteiger partial charge in [-0.25, -0.2) is 0 Å². The van der Waals surface area contributed by atoms with E-state index in [9.17, 15) is 9.59 Å². The lowest BCUT2D eigenvalue weighted by atomic mass is 9.96. The third-order valence-electron chi connectivity index (χ3n) is 4.90. The Morgan fingerprint density at radius 2 is 2.20 bits per heavy atom. The predicted octanol–water partition coefficient (Wildman–Crippen LogP) is 1.00. The van der Waals surface area contributed by atoms with Crippen LogP contribution in [0.3, 0.4) is 0 Å². The van der Waals surface area contributed by atoms with Crippen molar-refractivity contribution in [3.05, 3.63) is 51.8 Å². The highest BCUT2D eigenvalue weighted by atomic mass is 16.2. The monoisotopic (exact) mass is 340 g/mol. The maximum atomic E-state index is 12.7. The van der Waals surface area contributed by atoms with E-state index in [0.717, 1.165) is 30.0 Å². The molecule has 1 aliphatic heterocycles. The molecule has 2 N–H and O–H groups in total. The Hall–Kier alpha value is -2.90. The minimum absolute atomic E-state index is 0.0216. The summed E-state index contributed by atoms with van der Waals surface area (Å²) >= 11 is 0. The highest BCUT2D eigenvalue weighted by Gasteiger charge is 2.28. The van der Waals surface area contributed by atoms with Crippen LogP contribution in [0.1, 0.15) is 35.8 Å². The Bertz CT molecular complexity index is 969. The van der Waals surface area contributed by atoms with Crippen LogP contribution in [-0.4, -0.2) is 48.7 Å². The maximum absolute atomic E-state index is 12.7. The SMILES string of the molecule is Cc1[nH][nH]c(=O)c1CC(=O)N1CCC[C@H](c2nnc3ccccn23)C1. The first-order chi connectivity index (χ1) is 12.1. The molecule has 1 amide bonds. The third-order valence-corrected chi connectivity index (χ3v) is 4.90. The largest absolute Gasteiger partial charge is 0.342 e. The van der Waals surface area contributed by atoms with Crippen molar-refractivity contribution in [3.63, 3.8) is 0 Å². The molecule has 1 fully saturated rings. The topological polar surface area (TPSA) is 99.1 Å². The summed E-state index contributed by atoms with van der Waals surface area (Å²) in [5.74, 6) is 1.02. The van der Waals surface area contributed by atoms with Gasteiger partial charge in [-0.15, -0.1) is 10.2 Å². The number of nitrogens with zero attached hydrogens (tertiary/aromatic N) is 4. The number of carbonyl (C=O) groups excluding carboxylic acids is 1. The van der Waals surface area contributed by atoms with E-state index in [2.05, 4.69) is 20.4 Å². The number of aryl methyl sites for hydroxylation is 1. The van der Waals surface area contributed by atoms with E-state index < -0.39 is 0 Å². The summed E-state index contributed by atoms with van der Waals surface area (Å²) in [4.78, 5) is 26.3. The fourth-order valence-corrected chi connectivity index (χ4v) is 3.50. The van der Waals surface area contributed by atoms with Crippen LogP contribution in [0.4, 0.5) is 0 Å². The second-order valence-corrected chi connectivity index (χ2v) is 6.53. The molecular formula is C17H20N6O2. The Morgan fingerprint density at radius 1 is 1.32 bits per heavy atom. The van der Waals surface area contributed by atoms with Crippen molar-refractivity contribution in [2.24, 2.45) is 0 Å². The number of hydrogen-bond donors (Lipinski definition) is 2. The number of pyridine rings is 1. The van der Waals surface area contributed by atoms with Gasteiger partial charge in [0.2, 0.25) is 5.91 Å². The number of hydrogen-bond acceptors (Lipinski definition) is 4. The molecule has 130 valence electrons. The number of piperidine rings is 1. The number of carbonyl (C=O) groups is 1. The van der Waals surface area contributed by atoms with Crippen molar-refractivity contribution in [1.29, 1.82) is 0 Å². The van der Waals surface area contributed by atoms with Gasteiger partial charge < -0.3 is 10.00 Å². The highest BCUT2D eigenvalue weighted by molar-refractivity contribution is 5.79. The van der Waals surface area contributed by atoms with E-state index in [-0.39, 0.29) is 23.8 Å². The lowest BCUT2D eigenvalue weighted by Crippen LogP contribution is -2.40. The van der Waals surface area contributed by atoms with Gasteiger partial charge in [0.25, 0.3) is 5.56 Å². The molecule has 25 heavy (non-hydrogen) atoms. The van der Waals surface area contributed by atoms with Gasteiger partial charge in [0.1, 0.15) is 5.82 Å². The van der Waals surface area contributed by atoms with Crippen LogP contribution in [0.5, 0.6) is 0 Å². The van der Waals surface area contributed by atoms with Gasteiger partial charge >= 0.3 is 0 Å². The summed E-state index contributed by atoms with van der Waals surface area (Å²) < 4.78 is 1.99. The smallest absolute Gasteiger partial charge is 0.267 e. The number of aromatic nitrogens is 5. The second-order valence-electron chi connectivity index (χ2n) is 6.53. The van der Waals surface area contributed by atoms with Crippen LogP contribution < -0.4 is 5.56 Å². The van der Waals surface area contributed by atoms with Crippen LogP contribution in [0.25, 0.3) is 5.65 Å². The molecule has 0 saturated carbocycles. The molecule has 0 unspecified atom stereocenters. The summed E-state index contributed by atoms with van der Waals surface area (Å²) in [6, 6.07) is 5.80. The van der Waals surface area contributed by atoms with Crippen molar-refractivity contribution < 1.29 is 4.79 Å². The molecule has 3 aromatic heterocycles. The zero-order valence-corrected chi connectivity index (χ0v) is 14.0. The number of rotatable bonds is 3. The Labute approximate surface area is 143 Å². The van der Waals surface area contributed by atoms with E-state index in [1.807, 2.05) is 33.7 Å². The van der Waals surface area contributed by atoms with Crippen LogP contribution in [-0.2, 0) is 11.2 Å². The lowest BCUT2D eigenvalue weighted by Gasteiger charge is -2.32. The van der Waals surface area contributed by atoms with Gasteiger partial charge in [0.05, 0.1) is 6.42 Å². The molecule has 0 bridgehead atoms. The van der Waals surface area contributed by atoms with Crippen LogP contribution in [0, 0.1) is 6.92 Å². The summed E-state index contributed by atoms with van der Waals surface area (Å²) in [7, 11) is 0. The highest BCUT2D eigenvalue weighted by Crippen LogP contribution is 2.26. The third kappa shape index (κ3) is 2.84. The number of nitrogens with one attached hydrogen (secondary N) is 2. The first kappa shape index (κ1) is 15.6. The summed E-state index contributed by atoms with van der Waals surface area (Å²) in [6.45, 7) is 3.12. The molecule has 1 atom stereocenters. The average molecular weight is 340 g/mol. The molecule has 0 aromatic carbocycles. The predicted molar refractivity (Wildman–Crippen MR) is 91.4 cm³/mol. The van der Waals surface area contributed by atoms with Gasteiger partial charge in [-0.1, -0.05) is 6.07 Å². The molecule has 3 aromatic rings. The van der Waals surface area contributed by atoms with E-state index in [4.69, 9.17) is 0 Å². The van der Waals surface area contributed by atoms with Crippen molar-refractivity contribution in [2.75, 3.05) is 13.1 Å². The number of H-pyrrole nitrogens is 2. The second kappa shape index (κ2) is 6.19. The van der Waals surface area contributed by atoms with Gasteiger partial charge in [-0.2, -0.15) is 0 Å². The van der Waals surface area contributed by atoms with Crippen LogP contribution in [0.15, 0.2) is 29.2 Å². The minimum Gasteiger partial charge on any atom is -0.342 e. The molecule has 8 heteroatoms. The van der Waals surface area contributed by atoms with Gasteiger partial charge in [0.15, 0.2) is 5.65 Å². The van der Waals surface area contributed by atoms with Gasteiger partial charge in [0, 0.05) is 36.5 Å². The Morgan fingerprint density at radius 3 is 3.00 bits per heavy atom. The van der Waals surface area contributed by atoms with E-state index >= 15 is 0 Å². The summed E-state index contributed by atoms with van der Waals surface area (Å²) in [5.41, 5.74) is 1.83. The van der Waals surface area contributed by atoms with E-state index in [0.29, 0.717) is 18.7 Å². The zero-order chi connectivity index (χ0) is 17.4. The molecule has 4 rings (SSSR count). The zero-order valence-electron chi connectivity index (χ0n) is 14.0. The van der Waals surface area contributed by atoms with Crippen LogP contribution in [0.2, 0.25) is 0 Å². The lowest BCUT2D eigenvalue weighted by molar-refractivity contribution is -0.131. The fourth-order valence-electron chi connectivity index (χ4n) is 3.50. The average Bonchev–Trinajstić information content (AvgIpc) is 3.20. The van der Waals surface area contributed by atoms with Crippen molar-refractivity contribution in [2.45, 2.75) is 32.1 Å². The Balaban J connectivity index is 1.53. The van der Waals surface area contributed by atoms with Crippen molar-refractivity contribution in [1.82, 2.24) is 29.7 Å². The minimum atomic E-state index is -0.220. The molecular weight excluding hydrogens is 320 g/mol. The Kier molecular flexibility index (Phi) is 3.87. The standard InChI is InChI=1S/C17H20N6O2/c1-11-13(17(25)21-18-11)9-15(24)22-7-4-5-12(10-22)16-20-19-14-6-2-3-8-23(14)16/h2-3,6,8,12H,4-5,7,9-10H2,1H3,(H2,18,21,25)/t12-/m0/s1. The fraction of sp³-hybridized carbons (Fsp3) is 0.412. The normalized spacial score (nSPS) is 18.0. The number of fused-ring (bicyclic) bond motifs is 1. The van der Waals surface area contributed by atoms with E-state index in [1.54, 1.807) is 6.92 Å². The molecule has 4 heterocycles. The summed E-state index contributed by atoms with van der Waals surface area (Å²) in [5, 5.41) is 13.8. The van der Waals surface area contributed by atoms with E-state index in [1.165, 1.54) is 0 Å². The molecule has 1 aliphatic rings. The van der Waals surface area contributed by atoms with Gasteiger partial charge in [-0.3, -0.25) is 19.1 Å². The first-order valence-corrected chi connectivity index (χ1v) is 8.47. The first-order valence-electron chi connectivity index (χ1n) is 8.47. The van der Waals surface area contributed by atoms with Crippen molar-refractivity contribution >= 4 is 11.6 Å².